The minimum Gasteiger partial charge on any atom is -0.542 e. The fourth-order valence-electron chi connectivity index (χ4n) is 1.48. The Hall–Kier alpha value is -2.77. The van der Waals surface area contributed by atoms with Gasteiger partial charge >= 0.3 is 12.1 Å². The van der Waals surface area contributed by atoms with Gasteiger partial charge in [0.05, 0.1) is 11.3 Å². The van der Waals surface area contributed by atoms with Crippen LogP contribution in [-0.4, -0.2) is 73.1 Å². The number of hydrogen-bond acceptors (Lipinski definition) is 7. The third-order valence-corrected chi connectivity index (χ3v) is 3.87. The Labute approximate surface area is 158 Å². The van der Waals surface area contributed by atoms with E-state index in [4.69, 9.17) is 15.0 Å². The summed E-state index contributed by atoms with van der Waals surface area (Å²) in [4.78, 5) is 32.6. The van der Waals surface area contributed by atoms with Crippen LogP contribution in [0.15, 0.2) is 18.5 Å². The van der Waals surface area contributed by atoms with E-state index in [1.807, 2.05) is 0 Å². The molecule has 0 atom stereocenters. The lowest BCUT2D eigenvalue weighted by Gasteiger charge is -2.15. The van der Waals surface area contributed by atoms with Crippen LogP contribution in [0, 0.1) is 0 Å². The summed E-state index contributed by atoms with van der Waals surface area (Å²) in [7, 11) is -1.61. The fourth-order valence-corrected chi connectivity index (χ4v) is 2.08. The Bertz CT molecular complexity index is 795. The summed E-state index contributed by atoms with van der Waals surface area (Å²) in [6.45, 7) is 0.319. The Morgan fingerprint density at radius 2 is 1.86 bits per heavy atom. The molecule has 14 heteroatoms. The van der Waals surface area contributed by atoms with Crippen molar-refractivity contribution in [2.45, 2.75) is 19.1 Å². The van der Waals surface area contributed by atoms with Crippen LogP contribution in [0.4, 0.5) is 13.2 Å². The molecule has 1 aromatic heterocycles. The molecule has 0 aromatic carbocycles. The van der Waals surface area contributed by atoms with Crippen LogP contribution in [0.2, 0.25) is 0 Å². The highest BCUT2D eigenvalue weighted by Crippen LogP contribution is 2.11. The minimum absolute atomic E-state index is 0.0563. The summed E-state index contributed by atoms with van der Waals surface area (Å²) in [5.74, 6) is -4.37. The predicted molar refractivity (Wildman–Crippen MR) is 84.4 cm³/mol. The molecule has 0 fully saturated rings. The SMILES string of the molecule is CN(CCS(C)(=O)=O)C(=O)c1cc[n+](CCC(=O)O)nc1.O=C([O-])C(F)(F)F. The van der Waals surface area contributed by atoms with Crippen molar-refractivity contribution in [2.24, 2.45) is 0 Å². The highest BCUT2D eigenvalue weighted by Gasteiger charge is 2.28. The van der Waals surface area contributed by atoms with E-state index in [0.29, 0.717) is 5.56 Å². The van der Waals surface area contributed by atoms with Gasteiger partial charge in [-0.1, -0.05) is 4.68 Å². The number of hydrogen-bond donors (Lipinski definition) is 1. The van der Waals surface area contributed by atoms with E-state index in [9.17, 15) is 31.2 Å². The number of alkyl halides is 3. The third-order valence-electron chi connectivity index (χ3n) is 2.95. The van der Waals surface area contributed by atoms with Crippen molar-refractivity contribution in [3.63, 3.8) is 0 Å². The van der Waals surface area contributed by atoms with E-state index < -0.39 is 28.0 Å². The van der Waals surface area contributed by atoms with Crippen molar-refractivity contribution in [3.8, 4) is 0 Å². The Morgan fingerprint density at radius 1 is 1.32 bits per heavy atom. The Morgan fingerprint density at radius 3 is 2.21 bits per heavy atom. The first-order valence-corrected chi connectivity index (χ1v) is 9.48. The van der Waals surface area contributed by atoms with E-state index in [-0.39, 0.29) is 31.2 Å². The van der Waals surface area contributed by atoms with Crippen LogP contribution in [-0.2, 0) is 26.0 Å². The molecule has 0 saturated heterocycles. The molecule has 1 heterocycles. The van der Waals surface area contributed by atoms with Crippen molar-refractivity contribution in [1.82, 2.24) is 10.00 Å². The normalized spacial score (nSPS) is 11.2. The standard InChI is InChI=1S/C12H17N3O5S.C2HF3O2/c1-14(7-8-21(2,19)20)12(18)10-3-5-15(13-9-10)6-4-11(16)17;3-2(4,5)1(6)7/h3,5,9H,4,6-8H2,1-2H3;(H,6,7). The van der Waals surface area contributed by atoms with Crippen molar-refractivity contribution in [1.29, 1.82) is 0 Å². The zero-order chi connectivity index (χ0) is 22.1. The molecule has 0 aliphatic heterocycles. The van der Waals surface area contributed by atoms with Crippen LogP contribution >= 0.6 is 0 Å². The maximum atomic E-state index is 12.0. The van der Waals surface area contributed by atoms with Gasteiger partial charge in [0, 0.05) is 25.9 Å². The van der Waals surface area contributed by atoms with Crippen LogP contribution in [0.1, 0.15) is 16.8 Å². The molecule has 0 aliphatic carbocycles. The number of aliphatic carboxylic acids is 2. The number of rotatable bonds is 7. The van der Waals surface area contributed by atoms with Gasteiger partial charge < -0.3 is 19.9 Å². The first-order valence-electron chi connectivity index (χ1n) is 7.42. The smallest absolute Gasteiger partial charge is 0.430 e. The van der Waals surface area contributed by atoms with Crippen molar-refractivity contribution in [3.05, 3.63) is 24.0 Å². The highest BCUT2D eigenvalue weighted by atomic mass is 32.2. The number of carbonyl (C=O) groups excluding carboxylic acids is 2. The molecule has 0 saturated carbocycles. The fraction of sp³-hybridized carbons (Fsp3) is 0.500. The number of amides is 1. The maximum Gasteiger partial charge on any atom is 0.430 e. The van der Waals surface area contributed by atoms with Crippen molar-refractivity contribution < 1.29 is 50.9 Å². The summed E-state index contributed by atoms with van der Waals surface area (Å²) in [5.41, 5.74) is 0.317. The van der Waals surface area contributed by atoms with E-state index in [1.165, 1.54) is 35.1 Å². The van der Waals surface area contributed by atoms with Crippen LogP contribution in [0.25, 0.3) is 0 Å². The molecule has 0 aliphatic rings. The first-order chi connectivity index (χ1) is 12.6. The van der Waals surface area contributed by atoms with Gasteiger partial charge in [-0.25, -0.2) is 8.42 Å². The minimum atomic E-state index is -5.19. The average Bonchev–Trinajstić information content (AvgIpc) is 2.56. The number of carboxylic acid groups (broad SMARTS) is 2. The molecule has 0 bridgehead atoms. The second-order valence-corrected chi connectivity index (χ2v) is 7.72. The third kappa shape index (κ3) is 11.1. The molecule has 158 valence electrons. The highest BCUT2D eigenvalue weighted by molar-refractivity contribution is 7.90. The first kappa shape index (κ1) is 25.2. The van der Waals surface area contributed by atoms with Gasteiger partial charge in [0.1, 0.15) is 28.4 Å². The van der Waals surface area contributed by atoms with Crippen LogP contribution in [0.3, 0.4) is 0 Å². The largest absolute Gasteiger partial charge is 0.542 e. The number of halogens is 3. The van der Waals surface area contributed by atoms with Gasteiger partial charge in [-0.2, -0.15) is 13.2 Å². The average molecular weight is 429 g/mol. The summed E-state index contributed by atoms with van der Waals surface area (Å²) in [5, 5.41) is 21.3. The van der Waals surface area contributed by atoms with E-state index in [1.54, 1.807) is 0 Å². The molecule has 0 radical (unpaired) electrons. The zero-order valence-corrected chi connectivity index (χ0v) is 15.7. The summed E-state index contributed by atoms with van der Waals surface area (Å²) < 4.78 is 55.1. The van der Waals surface area contributed by atoms with Crippen LogP contribution < -0.4 is 9.79 Å². The van der Waals surface area contributed by atoms with Crippen LogP contribution in [0.5, 0.6) is 0 Å². The van der Waals surface area contributed by atoms with E-state index in [2.05, 4.69) is 5.10 Å². The molecule has 1 aromatic rings. The number of carboxylic acids is 2. The molecule has 1 rings (SSSR count). The molecule has 1 amide bonds. The lowest BCUT2D eigenvalue weighted by molar-refractivity contribution is -0.753. The molecule has 10 nitrogen and oxygen atoms in total. The Kier molecular flexibility index (Phi) is 9.49. The van der Waals surface area contributed by atoms with E-state index >= 15 is 0 Å². The lowest BCUT2D eigenvalue weighted by atomic mass is 10.3. The maximum absolute atomic E-state index is 12.0. The topological polar surface area (TPSA) is 149 Å². The van der Waals surface area contributed by atoms with Gasteiger partial charge in [0.15, 0.2) is 12.7 Å². The van der Waals surface area contributed by atoms with Crippen molar-refractivity contribution >= 4 is 27.7 Å². The molecule has 1 N–H and O–H groups in total. The number of carbonyl (C=O) groups is 3. The quantitative estimate of drug-likeness (QED) is 0.502. The number of aryl methyl sites for hydroxylation is 1. The molecule has 0 unspecified atom stereocenters. The van der Waals surface area contributed by atoms with Crippen molar-refractivity contribution in [2.75, 3.05) is 25.6 Å². The monoisotopic (exact) mass is 429 g/mol. The second-order valence-electron chi connectivity index (χ2n) is 5.46. The van der Waals surface area contributed by atoms with Gasteiger partial charge in [0.25, 0.3) is 5.91 Å². The molecule has 0 spiro atoms. The summed E-state index contributed by atoms with van der Waals surface area (Å²) >= 11 is 0. The van der Waals surface area contributed by atoms with Gasteiger partial charge in [-0.15, -0.1) is 0 Å². The predicted octanol–water partition coefficient (Wildman–Crippen LogP) is -1.74. The molecule has 28 heavy (non-hydrogen) atoms. The summed E-state index contributed by atoms with van der Waals surface area (Å²) in [6, 6.07) is 1.52. The van der Waals surface area contributed by atoms with Gasteiger partial charge in [-0.3, -0.25) is 9.59 Å². The van der Waals surface area contributed by atoms with E-state index in [0.717, 1.165) is 6.26 Å². The second kappa shape index (κ2) is 10.5. The summed E-state index contributed by atoms with van der Waals surface area (Å²) in [6.07, 6.45) is -1.29. The number of aromatic nitrogens is 2. The molecular formula is C14H18F3N3O7S. The zero-order valence-electron chi connectivity index (χ0n) is 14.8. The number of sulfone groups is 1. The number of nitrogens with zero attached hydrogens (tertiary/aromatic N) is 3. The van der Waals surface area contributed by atoms with Gasteiger partial charge in [-0.05, 0) is 5.10 Å². The van der Waals surface area contributed by atoms with Gasteiger partial charge in [0.2, 0.25) is 0 Å². The Balaban J connectivity index is 0.000000887. The molecular weight excluding hydrogens is 411 g/mol. The lowest BCUT2D eigenvalue weighted by Crippen LogP contribution is -2.39.